The number of carboxylic acid groups (broad SMARTS) is 1. The molecule has 0 saturated carbocycles. The molecule has 1 fully saturated rings. The lowest BCUT2D eigenvalue weighted by Crippen LogP contribution is -2.53. The smallest absolute Gasteiger partial charge is 0.305 e. The first-order chi connectivity index (χ1) is 6.68. The first kappa shape index (κ1) is 11.5. The summed E-state index contributed by atoms with van der Waals surface area (Å²) in [4.78, 5) is 10.7. The second-order valence-corrected chi connectivity index (χ2v) is 3.93. The van der Waals surface area contributed by atoms with Gasteiger partial charge in [0.15, 0.2) is 0 Å². The van der Waals surface area contributed by atoms with E-state index in [0.717, 1.165) is 32.4 Å². The Morgan fingerprint density at radius 1 is 1.64 bits per heavy atom. The van der Waals surface area contributed by atoms with Crippen molar-refractivity contribution in [1.82, 2.24) is 5.32 Å². The molecule has 0 radical (unpaired) electrons. The Hall–Kier alpha value is -0.610. The highest BCUT2D eigenvalue weighted by Gasteiger charge is 2.34. The van der Waals surface area contributed by atoms with Crippen LogP contribution < -0.4 is 5.32 Å². The normalized spacial score (nSPS) is 27.5. The van der Waals surface area contributed by atoms with Crippen molar-refractivity contribution in [3.63, 3.8) is 0 Å². The van der Waals surface area contributed by atoms with E-state index in [-0.39, 0.29) is 12.0 Å². The minimum atomic E-state index is -0.751. The highest BCUT2D eigenvalue weighted by atomic mass is 16.5. The Morgan fingerprint density at radius 3 is 2.93 bits per heavy atom. The molecule has 1 heterocycles. The van der Waals surface area contributed by atoms with Gasteiger partial charge >= 0.3 is 5.97 Å². The van der Waals surface area contributed by atoms with Gasteiger partial charge in [-0.1, -0.05) is 6.92 Å². The molecule has 1 rings (SSSR count). The maximum absolute atomic E-state index is 10.7. The van der Waals surface area contributed by atoms with Crippen LogP contribution in [0.15, 0.2) is 0 Å². The Labute approximate surface area is 84.6 Å². The third kappa shape index (κ3) is 3.27. The lowest BCUT2D eigenvalue weighted by Gasteiger charge is -2.36. The molecule has 14 heavy (non-hydrogen) atoms. The maximum Gasteiger partial charge on any atom is 0.305 e. The van der Waals surface area contributed by atoms with Crippen LogP contribution >= 0.6 is 0 Å². The maximum atomic E-state index is 10.7. The molecule has 2 N–H and O–H groups in total. The average Bonchev–Trinajstić information content (AvgIpc) is 2.15. The van der Waals surface area contributed by atoms with Crippen molar-refractivity contribution in [2.45, 2.75) is 38.1 Å². The fraction of sp³-hybridized carbons (Fsp3) is 0.900. The number of carboxylic acids is 1. The van der Waals surface area contributed by atoms with E-state index in [1.807, 2.05) is 0 Å². The highest BCUT2D eigenvalue weighted by molar-refractivity contribution is 5.68. The molecule has 0 aliphatic carbocycles. The summed E-state index contributed by atoms with van der Waals surface area (Å²) >= 11 is 0. The summed E-state index contributed by atoms with van der Waals surface area (Å²) < 4.78 is 5.36. The van der Waals surface area contributed by atoms with Crippen molar-refractivity contribution in [3.05, 3.63) is 0 Å². The predicted molar refractivity (Wildman–Crippen MR) is 53.3 cm³/mol. The van der Waals surface area contributed by atoms with E-state index in [1.165, 1.54) is 0 Å². The Kier molecular flexibility index (Phi) is 4.35. The molecule has 0 aromatic heterocycles. The van der Waals surface area contributed by atoms with Gasteiger partial charge in [-0.25, -0.2) is 0 Å². The molecule has 0 amide bonds. The van der Waals surface area contributed by atoms with E-state index in [2.05, 4.69) is 12.2 Å². The van der Waals surface area contributed by atoms with Gasteiger partial charge in [0.25, 0.3) is 0 Å². The molecule has 0 spiro atoms. The summed E-state index contributed by atoms with van der Waals surface area (Å²) in [7, 11) is 0. The van der Waals surface area contributed by atoms with Gasteiger partial charge in [0.2, 0.25) is 0 Å². The molecule has 0 aromatic carbocycles. The number of aliphatic carboxylic acids is 1. The monoisotopic (exact) mass is 201 g/mol. The molecular weight excluding hydrogens is 182 g/mol. The summed E-state index contributed by atoms with van der Waals surface area (Å²) in [5.74, 6) is -0.751. The summed E-state index contributed by atoms with van der Waals surface area (Å²) in [5.41, 5.74) is -0.319. The third-order valence-electron chi connectivity index (χ3n) is 2.56. The summed E-state index contributed by atoms with van der Waals surface area (Å²) in [6.45, 7) is 4.22. The second kappa shape index (κ2) is 5.32. The number of hydrogen-bond donors (Lipinski definition) is 2. The predicted octanol–water partition coefficient (Wildman–Crippen LogP) is 1.01. The van der Waals surface area contributed by atoms with Gasteiger partial charge in [0.1, 0.15) is 0 Å². The molecule has 0 aromatic rings. The van der Waals surface area contributed by atoms with E-state index >= 15 is 0 Å². The lowest BCUT2D eigenvalue weighted by molar-refractivity contribution is -0.140. The Morgan fingerprint density at radius 2 is 2.43 bits per heavy atom. The molecule has 82 valence electrons. The van der Waals surface area contributed by atoms with Crippen molar-refractivity contribution in [2.24, 2.45) is 0 Å². The summed E-state index contributed by atoms with van der Waals surface area (Å²) in [5, 5.41) is 12.1. The summed E-state index contributed by atoms with van der Waals surface area (Å²) in [6, 6.07) is 0. The van der Waals surface area contributed by atoms with Crippen LogP contribution in [-0.4, -0.2) is 36.4 Å². The van der Waals surface area contributed by atoms with Gasteiger partial charge in [-0.2, -0.15) is 0 Å². The van der Waals surface area contributed by atoms with Crippen LogP contribution in [0.4, 0.5) is 0 Å². The van der Waals surface area contributed by atoms with Gasteiger partial charge in [0.05, 0.1) is 18.6 Å². The topological polar surface area (TPSA) is 58.6 Å². The number of hydrogen-bond acceptors (Lipinski definition) is 3. The van der Waals surface area contributed by atoms with Crippen LogP contribution in [0.2, 0.25) is 0 Å². The van der Waals surface area contributed by atoms with Crippen molar-refractivity contribution in [3.8, 4) is 0 Å². The quantitative estimate of drug-likeness (QED) is 0.697. The molecule has 1 aliphatic heterocycles. The molecule has 1 unspecified atom stereocenters. The highest BCUT2D eigenvalue weighted by Crippen LogP contribution is 2.22. The van der Waals surface area contributed by atoms with Gasteiger partial charge < -0.3 is 15.2 Å². The lowest BCUT2D eigenvalue weighted by atomic mass is 9.88. The fourth-order valence-electron chi connectivity index (χ4n) is 1.87. The van der Waals surface area contributed by atoms with Crippen molar-refractivity contribution in [2.75, 3.05) is 19.8 Å². The molecule has 1 aliphatic rings. The van der Waals surface area contributed by atoms with Crippen LogP contribution in [0.5, 0.6) is 0 Å². The first-order valence-corrected chi connectivity index (χ1v) is 5.23. The second-order valence-electron chi connectivity index (χ2n) is 3.93. The first-order valence-electron chi connectivity index (χ1n) is 5.23. The largest absolute Gasteiger partial charge is 0.481 e. The fourth-order valence-corrected chi connectivity index (χ4v) is 1.87. The van der Waals surface area contributed by atoms with E-state index in [0.29, 0.717) is 6.61 Å². The average molecular weight is 201 g/mol. The molecule has 0 bridgehead atoms. The number of nitrogens with one attached hydrogen (secondary N) is 1. The van der Waals surface area contributed by atoms with Gasteiger partial charge in [-0.3, -0.25) is 4.79 Å². The number of carbonyl (C=O) groups is 1. The minimum absolute atomic E-state index is 0.160. The molecule has 1 atom stereocenters. The van der Waals surface area contributed by atoms with Crippen molar-refractivity contribution in [1.29, 1.82) is 0 Å². The van der Waals surface area contributed by atoms with Crippen molar-refractivity contribution < 1.29 is 14.6 Å². The SMILES string of the molecule is CCCNC1(CC(=O)O)CCCOC1. The Bertz CT molecular complexity index is 188. The molecular formula is C10H19NO3. The number of ether oxygens (including phenoxy) is 1. The minimum Gasteiger partial charge on any atom is -0.481 e. The summed E-state index contributed by atoms with van der Waals surface area (Å²) in [6.07, 6.45) is 3.03. The standard InChI is InChI=1S/C10H19NO3/c1-2-5-11-10(7-9(12)13)4-3-6-14-8-10/h11H,2-8H2,1H3,(H,12,13). The van der Waals surface area contributed by atoms with Crippen LogP contribution in [0, 0.1) is 0 Å². The zero-order valence-corrected chi connectivity index (χ0v) is 8.71. The zero-order chi connectivity index (χ0) is 10.4. The van der Waals surface area contributed by atoms with E-state index in [4.69, 9.17) is 9.84 Å². The molecule has 4 heteroatoms. The zero-order valence-electron chi connectivity index (χ0n) is 8.71. The van der Waals surface area contributed by atoms with E-state index < -0.39 is 5.97 Å². The van der Waals surface area contributed by atoms with E-state index in [1.54, 1.807) is 0 Å². The van der Waals surface area contributed by atoms with E-state index in [9.17, 15) is 4.79 Å². The van der Waals surface area contributed by atoms with Crippen LogP contribution in [0.25, 0.3) is 0 Å². The Balaban J connectivity index is 2.52. The molecule has 1 saturated heterocycles. The molecule has 4 nitrogen and oxygen atoms in total. The van der Waals surface area contributed by atoms with Crippen LogP contribution in [-0.2, 0) is 9.53 Å². The van der Waals surface area contributed by atoms with Crippen LogP contribution in [0.3, 0.4) is 0 Å². The number of rotatable bonds is 5. The van der Waals surface area contributed by atoms with Crippen molar-refractivity contribution >= 4 is 5.97 Å². The van der Waals surface area contributed by atoms with Gasteiger partial charge in [-0.15, -0.1) is 0 Å². The third-order valence-corrected chi connectivity index (χ3v) is 2.56. The van der Waals surface area contributed by atoms with Gasteiger partial charge in [0, 0.05) is 6.61 Å². The van der Waals surface area contributed by atoms with Crippen LogP contribution in [0.1, 0.15) is 32.6 Å². The van der Waals surface area contributed by atoms with Gasteiger partial charge in [-0.05, 0) is 25.8 Å².